The third-order valence-corrected chi connectivity index (χ3v) is 3.63. The van der Waals surface area contributed by atoms with Gasteiger partial charge in [0.15, 0.2) is 0 Å². The van der Waals surface area contributed by atoms with Gasteiger partial charge in [0, 0.05) is 13.1 Å². The van der Waals surface area contributed by atoms with E-state index >= 15 is 0 Å². The Morgan fingerprint density at radius 1 is 0.955 bits per heavy atom. The summed E-state index contributed by atoms with van der Waals surface area (Å²) in [5, 5.41) is 5.93. The molecule has 128 valence electrons. The summed E-state index contributed by atoms with van der Waals surface area (Å²) in [5.74, 6) is -3.85. The van der Waals surface area contributed by atoms with Crippen molar-refractivity contribution in [3.8, 4) is 0 Å². The monoisotopic (exact) mass is 365 g/mol. The van der Waals surface area contributed by atoms with Gasteiger partial charge in [0.1, 0.15) is 0 Å². The highest BCUT2D eigenvalue weighted by Crippen LogP contribution is 2.10. The molecule has 0 aromatic heterocycles. The number of amidine groups is 2. The van der Waals surface area contributed by atoms with E-state index in [1.807, 2.05) is 0 Å². The molecule has 0 amide bonds. The Labute approximate surface area is 124 Å². The maximum Gasteiger partial charge on any atom is 0.289 e. The molecule has 0 spiro atoms. The maximum atomic E-state index is 13.2. The van der Waals surface area contributed by atoms with Crippen LogP contribution in [0.3, 0.4) is 0 Å². The van der Waals surface area contributed by atoms with Crippen LogP contribution in [0, 0.1) is 0 Å². The Balaban J connectivity index is 2.83. The summed E-state index contributed by atoms with van der Waals surface area (Å²) in [6, 6.07) is 0. The SMILES string of the molecule is O=S(=O)(O)CCNC1(NCCS(=O)(=O)O)N=C(F)NC(F)=N1. The highest BCUT2D eigenvalue weighted by Gasteiger charge is 2.34. The highest BCUT2D eigenvalue weighted by atomic mass is 32.2. The summed E-state index contributed by atoms with van der Waals surface area (Å²) in [5.41, 5.74) is 0. The van der Waals surface area contributed by atoms with E-state index in [1.165, 1.54) is 5.32 Å². The summed E-state index contributed by atoms with van der Waals surface area (Å²) in [7, 11) is -8.70. The van der Waals surface area contributed by atoms with Crippen LogP contribution in [0.2, 0.25) is 0 Å². The van der Waals surface area contributed by atoms with Gasteiger partial charge < -0.3 is 0 Å². The van der Waals surface area contributed by atoms with Gasteiger partial charge in [0.05, 0.1) is 11.5 Å². The Hall–Kier alpha value is -1.26. The Bertz CT molecular complexity index is 617. The molecule has 0 saturated carbocycles. The largest absolute Gasteiger partial charge is 0.289 e. The molecule has 0 saturated heterocycles. The van der Waals surface area contributed by atoms with Crippen LogP contribution in [0.4, 0.5) is 8.78 Å². The van der Waals surface area contributed by atoms with Gasteiger partial charge in [-0.15, -0.1) is 0 Å². The molecule has 5 N–H and O–H groups in total. The van der Waals surface area contributed by atoms with Gasteiger partial charge in [-0.05, 0) is 0 Å². The molecule has 0 bridgehead atoms. The zero-order valence-corrected chi connectivity index (χ0v) is 12.5. The maximum absolute atomic E-state index is 13.2. The van der Waals surface area contributed by atoms with Gasteiger partial charge >= 0.3 is 0 Å². The van der Waals surface area contributed by atoms with Crippen LogP contribution < -0.4 is 16.0 Å². The molecule has 0 unspecified atom stereocenters. The second-order valence-electron chi connectivity index (χ2n) is 4.03. The molecule has 22 heavy (non-hydrogen) atoms. The number of hydrogen-bond donors (Lipinski definition) is 5. The van der Waals surface area contributed by atoms with E-state index in [4.69, 9.17) is 9.11 Å². The minimum absolute atomic E-state index is 0.509. The fourth-order valence-electron chi connectivity index (χ4n) is 1.38. The number of rotatable bonds is 8. The van der Waals surface area contributed by atoms with Crippen molar-refractivity contribution in [2.45, 2.75) is 5.91 Å². The molecule has 1 rings (SSSR count). The summed E-state index contributed by atoms with van der Waals surface area (Å²) in [6.45, 7) is -1.02. The average Bonchev–Trinajstić information content (AvgIpc) is 2.23. The molecule has 0 aliphatic carbocycles. The first kappa shape index (κ1) is 18.8. The molecular formula is C7H13F2N5O6S2. The van der Waals surface area contributed by atoms with Crippen molar-refractivity contribution in [1.29, 1.82) is 0 Å². The lowest BCUT2D eigenvalue weighted by Gasteiger charge is -2.29. The number of aliphatic imine (C=N–C) groups is 2. The van der Waals surface area contributed by atoms with E-state index in [2.05, 4.69) is 20.6 Å². The molecule has 1 heterocycles. The van der Waals surface area contributed by atoms with Crippen LogP contribution in [0.5, 0.6) is 0 Å². The minimum Gasteiger partial charge on any atom is -0.286 e. The first-order valence-electron chi connectivity index (χ1n) is 5.59. The molecular weight excluding hydrogens is 352 g/mol. The quantitative estimate of drug-likeness (QED) is 0.182. The zero-order valence-electron chi connectivity index (χ0n) is 10.8. The molecule has 0 radical (unpaired) electrons. The van der Waals surface area contributed by atoms with E-state index in [9.17, 15) is 25.6 Å². The van der Waals surface area contributed by atoms with Crippen LogP contribution in [-0.2, 0) is 20.2 Å². The predicted octanol–water partition coefficient (Wildman–Crippen LogP) is -2.19. The third-order valence-electron chi connectivity index (χ3n) is 2.19. The Morgan fingerprint density at radius 2 is 1.32 bits per heavy atom. The van der Waals surface area contributed by atoms with Crippen molar-refractivity contribution < 1.29 is 34.7 Å². The van der Waals surface area contributed by atoms with Crippen LogP contribution in [0.25, 0.3) is 0 Å². The van der Waals surface area contributed by atoms with Crippen LogP contribution in [0.15, 0.2) is 9.98 Å². The van der Waals surface area contributed by atoms with Crippen molar-refractivity contribution in [3.63, 3.8) is 0 Å². The molecule has 0 fully saturated rings. The van der Waals surface area contributed by atoms with Gasteiger partial charge in [-0.2, -0.15) is 35.6 Å². The minimum atomic E-state index is -4.35. The van der Waals surface area contributed by atoms with Gasteiger partial charge in [-0.1, -0.05) is 0 Å². The Morgan fingerprint density at radius 3 is 1.64 bits per heavy atom. The second-order valence-corrected chi connectivity index (χ2v) is 7.17. The van der Waals surface area contributed by atoms with Crippen molar-refractivity contribution in [2.24, 2.45) is 9.98 Å². The van der Waals surface area contributed by atoms with Gasteiger partial charge in [0.25, 0.3) is 38.3 Å². The molecule has 11 nitrogen and oxygen atoms in total. The lowest BCUT2D eigenvalue weighted by molar-refractivity contribution is 0.279. The summed E-state index contributed by atoms with van der Waals surface area (Å²) in [6.07, 6.45) is -2.82. The van der Waals surface area contributed by atoms with Gasteiger partial charge in [-0.3, -0.25) is 25.1 Å². The van der Waals surface area contributed by atoms with Crippen LogP contribution >= 0.6 is 0 Å². The van der Waals surface area contributed by atoms with E-state index in [1.54, 1.807) is 0 Å². The summed E-state index contributed by atoms with van der Waals surface area (Å²) in [4.78, 5) is 6.48. The van der Waals surface area contributed by atoms with Crippen molar-refractivity contribution in [1.82, 2.24) is 16.0 Å². The molecule has 1 aliphatic rings. The fourth-order valence-corrected chi connectivity index (χ4v) is 2.10. The lowest BCUT2D eigenvalue weighted by Crippen LogP contribution is -2.59. The van der Waals surface area contributed by atoms with Crippen molar-refractivity contribution >= 4 is 32.4 Å². The third kappa shape index (κ3) is 7.14. The van der Waals surface area contributed by atoms with E-state index in [-0.39, 0.29) is 0 Å². The summed E-state index contributed by atoms with van der Waals surface area (Å²) < 4.78 is 85.9. The number of nitrogens with one attached hydrogen (secondary N) is 3. The number of hydrogen-bond acceptors (Lipinski definition) is 9. The first-order valence-corrected chi connectivity index (χ1v) is 8.81. The zero-order chi connectivity index (χ0) is 17.0. The van der Waals surface area contributed by atoms with Gasteiger partial charge in [-0.25, -0.2) is 0 Å². The van der Waals surface area contributed by atoms with E-state index in [0.717, 1.165) is 0 Å². The van der Waals surface area contributed by atoms with Crippen molar-refractivity contribution in [2.75, 3.05) is 24.6 Å². The molecule has 0 aromatic rings. The normalized spacial score (nSPS) is 18.4. The second kappa shape index (κ2) is 6.88. The molecule has 0 aromatic carbocycles. The van der Waals surface area contributed by atoms with Gasteiger partial charge in [0.2, 0.25) is 0 Å². The summed E-state index contributed by atoms with van der Waals surface area (Å²) >= 11 is 0. The molecule has 0 atom stereocenters. The Kier molecular flexibility index (Phi) is 5.88. The van der Waals surface area contributed by atoms with E-state index < -0.39 is 62.9 Å². The number of halogens is 2. The first-order chi connectivity index (χ1) is 9.91. The number of nitrogens with zero attached hydrogens (tertiary/aromatic N) is 2. The van der Waals surface area contributed by atoms with E-state index in [0.29, 0.717) is 0 Å². The standard InChI is InChI=1S/C7H13F2N5O6S2/c8-5-12-6(9)14-7(13-5,10-1-3-21(15,16)17)11-2-4-22(18,19)20/h10-11H,1-4H2,(H,12,13,14)(H,15,16,17)(H,18,19,20). The average molecular weight is 365 g/mol. The molecule has 1 aliphatic heterocycles. The van der Waals surface area contributed by atoms with Crippen molar-refractivity contribution in [3.05, 3.63) is 0 Å². The molecule has 15 heteroatoms. The fraction of sp³-hybridized carbons (Fsp3) is 0.714. The van der Waals surface area contributed by atoms with Crippen LogP contribution in [-0.4, -0.2) is 68.6 Å². The smallest absolute Gasteiger partial charge is 0.286 e. The lowest BCUT2D eigenvalue weighted by atomic mass is 10.5. The highest BCUT2D eigenvalue weighted by molar-refractivity contribution is 7.86. The predicted molar refractivity (Wildman–Crippen MR) is 71.8 cm³/mol. The topological polar surface area (TPSA) is 170 Å². The van der Waals surface area contributed by atoms with Crippen LogP contribution in [0.1, 0.15) is 0 Å².